The maximum absolute atomic E-state index is 12.8. The standard InChI is InChI=1S/C22H30N4O6.C14H16N2O4.C8H16N2O3/c1-22(2,3)31-21(29)24-12-17(13-24)32-23-19(27)18-10-9-16-11-25(18)20(28)26(16)30-14-15-7-5-4-6-8-15;17-13(18)12-7-6-11-8-15(12)14(19)16(11)20-9-10-4-2-1-3-5-10;1-8(2,3)12-7(11)10-4-6(5-10)13-9/h4-8,16-18H,9-14H2,1-3H3,(H,23,27);1-5,11-12H,6-9H2,(H,17,18);6H,4-5,9H2,1-3H3/t16-,18+;11-,12+;/m11./s1. The number of hydroxylamine groups is 5. The van der Waals surface area contributed by atoms with E-state index in [0.29, 0.717) is 78.2 Å². The van der Waals surface area contributed by atoms with Crippen molar-refractivity contribution in [3.05, 3.63) is 71.8 Å². The Bertz CT molecular complexity index is 1970. The average Bonchev–Trinajstić information content (AvgIpc) is 3.60. The van der Waals surface area contributed by atoms with Gasteiger partial charge in [-0.25, -0.2) is 35.3 Å². The Morgan fingerprint density at radius 2 is 1.05 bits per heavy atom. The first kappa shape index (κ1) is 48.7. The molecule has 0 saturated carbocycles. The van der Waals surface area contributed by atoms with Crippen molar-refractivity contribution >= 4 is 36.1 Å². The number of carboxylic acid groups (broad SMARTS) is 1. The molecule has 6 fully saturated rings. The smallest absolute Gasteiger partial charge is 0.410 e. The molecule has 7 amide bonds. The van der Waals surface area contributed by atoms with Gasteiger partial charge >= 0.3 is 30.2 Å². The summed E-state index contributed by atoms with van der Waals surface area (Å²) in [5, 5.41) is 11.9. The first-order valence-electron chi connectivity index (χ1n) is 21.8. The minimum absolute atomic E-state index is 0.0347. The molecular weight excluding hydrogens is 849 g/mol. The van der Waals surface area contributed by atoms with E-state index in [1.165, 1.54) is 24.8 Å². The van der Waals surface area contributed by atoms with Crippen LogP contribution in [0.3, 0.4) is 0 Å². The Kier molecular flexibility index (Phi) is 15.8. The summed E-state index contributed by atoms with van der Waals surface area (Å²) in [6.07, 6.45) is 1.30. The third-order valence-electron chi connectivity index (χ3n) is 11.2. The minimum Gasteiger partial charge on any atom is -0.480 e. The summed E-state index contributed by atoms with van der Waals surface area (Å²) >= 11 is 0. The number of urea groups is 2. The van der Waals surface area contributed by atoms with Crippen molar-refractivity contribution in [1.29, 1.82) is 0 Å². The number of hydrogen-bond acceptors (Lipinski definition) is 13. The Morgan fingerprint density at radius 3 is 1.46 bits per heavy atom. The molecular formula is C44H62N8O13. The number of nitrogens with zero attached hydrogens (tertiary/aromatic N) is 6. The van der Waals surface area contributed by atoms with Crippen LogP contribution in [0, 0.1) is 0 Å². The van der Waals surface area contributed by atoms with Gasteiger partial charge in [0.25, 0.3) is 5.91 Å². The average molecular weight is 911 g/mol. The van der Waals surface area contributed by atoms with E-state index in [1.54, 1.807) is 25.7 Å². The van der Waals surface area contributed by atoms with Gasteiger partial charge in [-0.15, -0.1) is 0 Å². The van der Waals surface area contributed by atoms with E-state index < -0.39 is 35.3 Å². The molecule has 0 unspecified atom stereocenters. The molecule has 6 aliphatic rings. The second-order valence-electron chi connectivity index (χ2n) is 18.6. The number of ether oxygens (including phenoxy) is 2. The molecule has 4 bridgehead atoms. The van der Waals surface area contributed by atoms with Crippen molar-refractivity contribution in [2.24, 2.45) is 5.90 Å². The van der Waals surface area contributed by atoms with Crippen LogP contribution >= 0.6 is 0 Å². The first-order valence-corrected chi connectivity index (χ1v) is 21.8. The highest BCUT2D eigenvalue weighted by Crippen LogP contribution is 2.32. The summed E-state index contributed by atoms with van der Waals surface area (Å²) in [6, 6.07) is 17.1. The monoisotopic (exact) mass is 910 g/mol. The number of benzene rings is 2. The third-order valence-corrected chi connectivity index (χ3v) is 11.2. The zero-order valence-electron chi connectivity index (χ0n) is 37.8. The Hall–Kier alpha value is -5.74. The van der Waals surface area contributed by atoms with Gasteiger partial charge in [0, 0.05) is 13.1 Å². The molecule has 6 aliphatic heterocycles. The summed E-state index contributed by atoms with van der Waals surface area (Å²) in [4.78, 5) is 99.4. The maximum atomic E-state index is 12.8. The van der Waals surface area contributed by atoms with E-state index in [4.69, 9.17) is 35.0 Å². The molecule has 21 nitrogen and oxygen atoms in total. The lowest BCUT2D eigenvalue weighted by Gasteiger charge is -2.39. The molecule has 21 heteroatoms. The molecule has 4 atom stereocenters. The van der Waals surface area contributed by atoms with Crippen molar-refractivity contribution in [2.45, 2.75) is 128 Å². The lowest BCUT2D eigenvalue weighted by Crippen LogP contribution is -2.58. The molecule has 8 rings (SSSR count). The highest BCUT2D eigenvalue weighted by molar-refractivity contribution is 5.88. The van der Waals surface area contributed by atoms with Crippen molar-refractivity contribution in [3.8, 4) is 0 Å². The Morgan fingerprint density at radius 1 is 0.631 bits per heavy atom. The van der Waals surface area contributed by atoms with Crippen LogP contribution in [0.5, 0.6) is 0 Å². The quantitative estimate of drug-likeness (QED) is 0.270. The SMILES string of the molecule is CC(C)(C)OC(=O)N1CC(ON)C1.CC(C)(C)OC(=O)N1CC(ONC(=O)[C@@H]2CC[C@@H]3CN2C(=O)N3OCc2ccccc2)C1.O=C(O)[C@@H]1CC[C@@H]2CN1C(=O)N2OCc1ccccc1. The predicted octanol–water partition coefficient (Wildman–Crippen LogP) is 4.02. The van der Waals surface area contributed by atoms with E-state index in [0.717, 1.165) is 11.1 Å². The highest BCUT2D eigenvalue weighted by Gasteiger charge is 2.49. The van der Waals surface area contributed by atoms with E-state index in [2.05, 4.69) is 10.3 Å². The lowest BCUT2D eigenvalue weighted by atomic mass is 10.0. The van der Waals surface area contributed by atoms with Gasteiger partial charge in [0.2, 0.25) is 0 Å². The van der Waals surface area contributed by atoms with Gasteiger partial charge in [-0.3, -0.25) is 24.1 Å². The summed E-state index contributed by atoms with van der Waals surface area (Å²) in [7, 11) is 0. The van der Waals surface area contributed by atoms with Crippen LogP contribution in [0.25, 0.3) is 0 Å². The number of carbonyl (C=O) groups excluding carboxylic acids is 5. The van der Waals surface area contributed by atoms with Crippen LogP contribution < -0.4 is 11.4 Å². The van der Waals surface area contributed by atoms with Gasteiger partial charge in [0.05, 0.1) is 38.3 Å². The molecule has 0 radical (unpaired) electrons. The fourth-order valence-corrected chi connectivity index (χ4v) is 7.76. The van der Waals surface area contributed by atoms with Crippen LogP contribution in [0.1, 0.15) is 78.4 Å². The molecule has 0 aliphatic carbocycles. The number of rotatable bonds is 11. The van der Waals surface area contributed by atoms with Gasteiger partial charge in [-0.1, -0.05) is 60.7 Å². The van der Waals surface area contributed by atoms with Crippen molar-refractivity contribution in [2.75, 3.05) is 39.3 Å². The van der Waals surface area contributed by atoms with E-state index in [-0.39, 0.29) is 48.4 Å². The zero-order chi connectivity index (χ0) is 47.1. The molecule has 6 heterocycles. The number of carbonyl (C=O) groups is 6. The van der Waals surface area contributed by atoms with Gasteiger partial charge in [0.1, 0.15) is 48.7 Å². The van der Waals surface area contributed by atoms with Crippen LogP contribution in [0.15, 0.2) is 60.7 Å². The second-order valence-corrected chi connectivity index (χ2v) is 18.6. The van der Waals surface area contributed by atoms with Crippen LogP contribution in [0.2, 0.25) is 0 Å². The number of likely N-dealkylation sites (tertiary alicyclic amines) is 2. The molecule has 4 N–H and O–H groups in total. The van der Waals surface area contributed by atoms with Crippen molar-refractivity contribution in [3.63, 3.8) is 0 Å². The van der Waals surface area contributed by atoms with Crippen molar-refractivity contribution < 1.29 is 62.7 Å². The van der Waals surface area contributed by atoms with Gasteiger partial charge < -0.3 is 34.2 Å². The van der Waals surface area contributed by atoms with E-state index in [1.807, 2.05) is 81.4 Å². The molecule has 2 aromatic rings. The number of fused-ring (bicyclic) bond motifs is 4. The first-order chi connectivity index (χ1) is 30.8. The normalized spacial score (nSPS) is 22.8. The molecule has 356 valence electrons. The van der Waals surface area contributed by atoms with Crippen molar-refractivity contribution in [1.82, 2.24) is 35.2 Å². The zero-order valence-corrected chi connectivity index (χ0v) is 37.8. The van der Waals surface area contributed by atoms with Gasteiger partial charge in [-0.05, 0) is 78.4 Å². The maximum Gasteiger partial charge on any atom is 0.410 e. The summed E-state index contributed by atoms with van der Waals surface area (Å²) in [5.41, 5.74) is 3.42. The van der Waals surface area contributed by atoms with Crippen LogP contribution in [-0.4, -0.2) is 158 Å². The number of nitrogens with two attached hydrogens (primary N) is 1. The Balaban J connectivity index is 0.000000180. The molecule has 0 aromatic heterocycles. The summed E-state index contributed by atoms with van der Waals surface area (Å²) in [5.74, 6) is 3.64. The van der Waals surface area contributed by atoms with E-state index >= 15 is 0 Å². The second kappa shape index (κ2) is 21.0. The third kappa shape index (κ3) is 13.0. The van der Waals surface area contributed by atoms with Gasteiger partial charge in [-0.2, -0.15) is 10.1 Å². The molecule has 65 heavy (non-hydrogen) atoms. The number of amides is 7. The number of piperidine rings is 2. The largest absolute Gasteiger partial charge is 0.480 e. The molecule has 2 aromatic carbocycles. The summed E-state index contributed by atoms with van der Waals surface area (Å²) < 4.78 is 10.4. The fraction of sp³-hybridized carbons (Fsp3) is 0.591. The minimum atomic E-state index is -0.943. The number of nitrogens with one attached hydrogen (secondary N) is 1. The highest BCUT2D eigenvalue weighted by atomic mass is 16.7. The van der Waals surface area contributed by atoms with E-state index in [9.17, 15) is 28.8 Å². The summed E-state index contributed by atoms with van der Waals surface area (Å²) in [6.45, 7) is 14.1. The number of carboxylic acids is 1. The lowest BCUT2D eigenvalue weighted by molar-refractivity contribution is -0.153. The Labute approximate surface area is 378 Å². The fourth-order valence-electron chi connectivity index (χ4n) is 7.76. The topological polar surface area (TPSA) is 236 Å². The van der Waals surface area contributed by atoms with Crippen LogP contribution in [-0.2, 0) is 51.6 Å². The number of aliphatic carboxylic acids is 1. The predicted molar refractivity (Wildman–Crippen MR) is 229 cm³/mol. The molecule has 6 saturated heterocycles. The molecule has 0 spiro atoms. The number of hydrogen-bond donors (Lipinski definition) is 3. The van der Waals surface area contributed by atoms with Gasteiger partial charge in [0.15, 0.2) is 0 Å². The van der Waals surface area contributed by atoms with Crippen LogP contribution in [0.4, 0.5) is 19.2 Å².